The Balaban J connectivity index is 1.07. The van der Waals surface area contributed by atoms with Crippen LogP contribution in [-0.4, -0.2) is 57.6 Å². The number of aromatic nitrogens is 4. The van der Waals surface area contributed by atoms with Gasteiger partial charge in [0.15, 0.2) is 0 Å². The van der Waals surface area contributed by atoms with Gasteiger partial charge in [-0.05, 0) is 41.2 Å². The molecule has 210 valence electrons. The molecule has 0 amide bonds. The van der Waals surface area contributed by atoms with Crippen LogP contribution >= 0.6 is 0 Å². The van der Waals surface area contributed by atoms with Gasteiger partial charge in [0.05, 0.1) is 22.4 Å². The second-order valence-corrected chi connectivity index (χ2v) is 11.9. The molecular weight excluding hydrogens is 506 g/mol. The lowest BCUT2D eigenvalue weighted by Crippen LogP contribution is -2.46. The first-order valence-electron chi connectivity index (χ1n) is 14.6. The normalized spacial score (nSPS) is 14.5. The van der Waals surface area contributed by atoms with Crippen molar-refractivity contribution in [3.05, 3.63) is 102 Å². The first kappa shape index (κ1) is 27.0. The number of anilines is 2. The summed E-state index contributed by atoms with van der Waals surface area (Å²) in [5, 5.41) is 3.38. The largest absolute Gasteiger partial charge is 0.367 e. The number of piperazine rings is 1. The van der Waals surface area contributed by atoms with Crippen LogP contribution in [0.4, 0.5) is 11.6 Å². The molecule has 1 aliphatic rings. The molecule has 6 rings (SSSR count). The van der Waals surface area contributed by atoms with Crippen molar-refractivity contribution in [2.24, 2.45) is 0 Å². The Kier molecular flexibility index (Phi) is 7.70. The zero-order valence-electron chi connectivity index (χ0n) is 24.3. The van der Waals surface area contributed by atoms with Crippen LogP contribution in [0.25, 0.3) is 22.4 Å². The van der Waals surface area contributed by atoms with Crippen LogP contribution in [0.2, 0.25) is 0 Å². The number of hydrogen-bond donors (Lipinski definition) is 2. The minimum Gasteiger partial charge on any atom is -0.367 e. The zero-order valence-corrected chi connectivity index (χ0v) is 24.3. The van der Waals surface area contributed by atoms with Gasteiger partial charge in [0.1, 0.15) is 5.82 Å². The van der Waals surface area contributed by atoms with Crippen molar-refractivity contribution in [2.75, 3.05) is 42.9 Å². The van der Waals surface area contributed by atoms with Crippen molar-refractivity contribution in [1.82, 2.24) is 24.8 Å². The molecule has 5 aromatic rings. The molecule has 0 atom stereocenters. The number of nitrogens with one attached hydrogen (secondary N) is 2. The fraction of sp³-hybridized carbons (Fsp3) is 0.324. The predicted octanol–water partition coefficient (Wildman–Crippen LogP) is 6.29. The average Bonchev–Trinajstić information content (AvgIpc) is 3.43. The summed E-state index contributed by atoms with van der Waals surface area (Å²) in [4.78, 5) is 22.7. The number of para-hydroxylation sites is 1. The Hall–Kier alpha value is -4.23. The van der Waals surface area contributed by atoms with E-state index in [1.165, 1.54) is 16.8 Å². The molecule has 1 saturated heterocycles. The van der Waals surface area contributed by atoms with E-state index in [9.17, 15) is 0 Å². The number of fused-ring (bicyclic) bond motifs is 1. The number of imidazole rings is 1. The minimum absolute atomic E-state index is 0.136. The van der Waals surface area contributed by atoms with Gasteiger partial charge in [-0.1, -0.05) is 81.4 Å². The molecule has 0 unspecified atom stereocenters. The summed E-state index contributed by atoms with van der Waals surface area (Å²) >= 11 is 0. The highest BCUT2D eigenvalue weighted by Crippen LogP contribution is 2.30. The van der Waals surface area contributed by atoms with E-state index >= 15 is 0 Å². The summed E-state index contributed by atoms with van der Waals surface area (Å²) in [7, 11) is 0. The van der Waals surface area contributed by atoms with Gasteiger partial charge in [-0.15, -0.1) is 0 Å². The quantitative estimate of drug-likeness (QED) is 0.239. The maximum Gasteiger partial charge on any atom is 0.222 e. The van der Waals surface area contributed by atoms with Gasteiger partial charge in [-0.25, -0.2) is 15.0 Å². The highest BCUT2D eigenvalue weighted by molar-refractivity contribution is 5.91. The number of nitrogens with zero attached hydrogens (tertiary/aromatic N) is 5. The first-order chi connectivity index (χ1) is 19.9. The molecule has 0 bridgehead atoms. The van der Waals surface area contributed by atoms with E-state index in [2.05, 4.69) is 113 Å². The van der Waals surface area contributed by atoms with Crippen LogP contribution in [0.3, 0.4) is 0 Å². The van der Waals surface area contributed by atoms with Crippen LogP contribution < -0.4 is 10.2 Å². The van der Waals surface area contributed by atoms with Crippen LogP contribution in [0.1, 0.15) is 37.6 Å². The monoisotopic (exact) mass is 545 g/mol. The van der Waals surface area contributed by atoms with E-state index in [0.29, 0.717) is 5.95 Å². The Morgan fingerprint density at radius 2 is 1.61 bits per heavy atom. The van der Waals surface area contributed by atoms with E-state index in [-0.39, 0.29) is 5.41 Å². The van der Waals surface area contributed by atoms with Crippen molar-refractivity contribution in [3.63, 3.8) is 0 Å². The SMILES string of the molecule is CC(C)(C)c1ccc(-c2nc3cccc(N4CCN(Cc5ccnc(NCCc6ccccc6)n5)CC4)c3[nH]2)cc1. The topological polar surface area (TPSA) is 73.0 Å². The molecule has 0 spiro atoms. The van der Waals surface area contributed by atoms with Gasteiger partial charge in [0.25, 0.3) is 0 Å². The van der Waals surface area contributed by atoms with Gasteiger partial charge in [-0.2, -0.15) is 0 Å². The van der Waals surface area contributed by atoms with E-state index in [1.807, 2.05) is 18.3 Å². The van der Waals surface area contributed by atoms with Crippen molar-refractivity contribution < 1.29 is 0 Å². The van der Waals surface area contributed by atoms with E-state index in [4.69, 9.17) is 9.97 Å². The summed E-state index contributed by atoms with van der Waals surface area (Å²) in [6.45, 7) is 12.2. The third kappa shape index (κ3) is 6.41. The van der Waals surface area contributed by atoms with Crippen LogP contribution in [-0.2, 0) is 18.4 Å². The summed E-state index contributed by atoms with van der Waals surface area (Å²) in [5.74, 6) is 1.62. The van der Waals surface area contributed by atoms with Gasteiger partial charge in [0, 0.05) is 51.0 Å². The van der Waals surface area contributed by atoms with Crippen molar-refractivity contribution in [2.45, 2.75) is 39.2 Å². The molecule has 3 aromatic carbocycles. The summed E-state index contributed by atoms with van der Waals surface area (Å²) in [6, 6.07) is 27.7. The minimum atomic E-state index is 0.136. The Labute approximate surface area is 242 Å². The lowest BCUT2D eigenvalue weighted by Gasteiger charge is -2.36. The van der Waals surface area contributed by atoms with Gasteiger partial charge in [0.2, 0.25) is 5.95 Å². The van der Waals surface area contributed by atoms with Gasteiger partial charge >= 0.3 is 0 Å². The van der Waals surface area contributed by atoms with Crippen LogP contribution in [0, 0.1) is 0 Å². The van der Waals surface area contributed by atoms with Crippen LogP contribution in [0.15, 0.2) is 85.1 Å². The standard InChI is InChI=1S/C34H39N7/c1-34(2,3)27-14-12-26(13-15-27)32-38-29-10-7-11-30(31(29)39-32)41-22-20-40(21-23-41)24-28-17-19-36-33(37-28)35-18-16-25-8-5-4-6-9-25/h4-15,17,19H,16,18,20-24H2,1-3H3,(H,38,39)(H,35,36,37). The zero-order chi connectivity index (χ0) is 28.2. The number of H-pyrrole nitrogens is 1. The van der Waals surface area contributed by atoms with Gasteiger partial charge < -0.3 is 15.2 Å². The molecule has 2 N–H and O–H groups in total. The Morgan fingerprint density at radius 3 is 2.37 bits per heavy atom. The molecule has 1 fully saturated rings. The van der Waals surface area contributed by atoms with Gasteiger partial charge in [-0.3, -0.25) is 4.90 Å². The number of rotatable bonds is 8. The molecule has 0 aliphatic carbocycles. The number of aromatic amines is 1. The third-order valence-corrected chi connectivity index (χ3v) is 7.87. The average molecular weight is 546 g/mol. The molecular formula is C34H39N7. The molecule has 0 radical (unpaired) electrons. The van der Waals surface area contributed by atoms with Crippen molar-refractivity contribution in [1.29, 1.82) is 0 Å². The highest BCUT2D eigenvalue weighted by atomic mass is 15.3. The Morgan fingerprint density at radius 1 is 0.829 bits per heavy atom. The second-order valence-electron chi connectivity index (χ2n) is 11.9. The predicted molar refractivity (Wildman–Crippen MR) is 168 cm³/mol. The van der Waals surface area contributed by atoms with E-state index in [1.54, 1.807) is 0 Å². The third-order valence-electron chi connectivity index (χ3n) is 7.87. The second kappa shape index (κ2) is 11.7. The van der Waals surface area contributed by atoms with Crippen molar-refractivity contribution >= 4 is 22.7 Å². The number of benzene rings is 3. The fourth-order valence-electron chi connectivity index (χ4n) is 5.45. The van der Waals surface area contributed by atoms with E-state index < -0.39 is 0 Å². The maximum absolute atomic E-state index is 4.93. The molecule has 3 heterocycles. The molecule has 7 nitrogen and oxygen atoms in total. The first-order valence-corrected chi connectivity index (χ1v) is 14.6. The molecule has 1 aliphatic heterocycles. The number of hydrogen-bond acceptors (Lipinski definition) is 6. The fourth-order valence-corrected chi connectivity index (χ4v) is 5.45. The molecule has 0 saturated carbocycles. The summed E-state index contributed by atoms with van der Waals surface area (Å²) < 4.78 is 0. The van der Waals surface area contributed by atoms with Crippen LogP contribution in [0.5, 0.6) is 0 Å². The maximum atomic E-state index is 4.93. The summed E-state index contributed by atoms with van der Waals surface area (Å²) in [5.41, 5.74) is 8.28. The smallest absolute Gasteiger partial charge is 0.222 e. The highest BCUT2D eigenvalue weighted by Gasteiger charge is 2.21. The summed E-state index contributed by atoms with van der Waals surface area (Å²) in [6.07, 6.45) is 2.81. The van der Waals surface area contributed by atoms with E-state index in [0.717, 1.165) is 73.8 Å². The lowest BCUT2D eigenvalue weighted by molar-refractivity contribution is 0.247. The molecule has 7 heteroatoms. The molecule has 2 aromatic heterocycles. The molecule has 41 heavy (non-hydrogen) atoms. The van der Waals surface area contributed by atoms with Crippen molar-refractivity contribution in [3.8, 4) is 11.4 Å². The lowest BCUT2D eigenvalue weighted by atomic mass is 9.87. The Bertz CT molecular complexity index is 1580.